The van der Waals surface area contributed by atoms with Gasteiger partial charge < -0.3 is 15.0 Å². The lowest BCUT2D eigenvalue weighted by molar-refractivity contribution is -0.0221. The van der Waals surface area contributed by atoms with Crippen molar-refractivity contribution in [1.82, 2.24) is 10.1 Å². The lowest BCUT2D eigenvalue weighted by Crippen LogP contribution is -2.23. The molecule has 0 atom stereocenters. The van der Waals surface area contributed by atoms with Crippen LogP contribution in [0.3, 0.4) is 0 Å². The van der Waals surface area contributed by atoms with E-state index < -0.39 is 11.4 Å². The zero-order valence-corrected chi connectivity index (χ0v) is 11.1. The van der Waals surface area contributed by atoms with Gasteiger partial charge in [0.25, 0.3) is 5.89 Å². The summed E-state index contributed by atoms with van der Waals surface area (Å²) in [5.41, 5.74) is 5.49. The van der Waals surface area contributed by atoms with E-state index in [0.717, 1.165) is 0 Å². The standard InChI is InChI=1S/C13H16FN3O2/c1-4-18-13(2,3)12-16-11(19-17-12)8-5-6-9(14)10(15)7-8/h5-7H,4,15H2,1-3H3. The molecule has 0 amide bonds. The highest BCUT2D eigenvalue weighted by Gasteiger charge is 2.27. The summed E-state index contributed by atoms with van der Waals surface area (Å²) in [6, 6.07) is 4.26. The summed E-state index contributed by atoms with van der Waals surface area (Å²) in [5, 5.41) is 3.89. The third-order valence-corrected chi connectivity index (χ3v) is 2.71. The van der Waals surface area contributed by atoms with Gasteiger partial charge >= 0.3 is 0 Å². The van der Waals surface area contributed by atoms with E-state index in [1.807, 2.05) is 20.8 Å². The van der Waals surface area contributed by atoms with E-state index in [9.17, 15) is 4.39 Å². The first-order valence-corrected chi connectivity index (χ1v) is 5.97. The molecule has 0 aliphatic rings. The van der Waals surface area contributed by atoms with Crippen LogP contribution in [0.2, 0.25) is 0 Å². The Balaban J connectivity index is 2.33. The van der Waals surface area contributed by atoms with Crippen molar-refractivity contribution in [2.75, 3.05) is 12.3 Å². The number of halogens is 1. The number of anilines is 1. The van der Waals surface area contributed by atoms with E-state index in [2.05, 4.69) is 10.1 Å². The smallest absolute Gasteiger partial charge is 0.258 e. The quantitative estimate of drug-likeness (QED) is 0.860. The van der Waals surface area contributed by atoms with Crippen LogP contribution in [-0.4, -0.2) is 16.7 Å². The summed E-state index contributed by atoms with van der Waals surface area (Å²) < 4.78 is 23.8. The third-order valence-electron chi connectivity index (χ3n) is 2.71. The Morgan fingerprint density at radius 3 is 2.79 bits per heavy atom. The van der Waals surface area contributed by atoms with Crippen LogP contribution in [0.1, 0.15) is 26.6 Å². The zero-order chi connectivity index (χ0) is 14.0. The number of rotatable bonds is 4. The number of ether oxygens (including phenoxy) is 1. The molecule has 1 heterocycles. The van der Waals surface area contributed by atoms with Crippen LogP contribution in [-0.2, 0) is 10.3 Å². The van der Waals surface area contributed by atoms with Gasteiger partial charge in [-0.05, 0) is 39.0 Å². The third kappa shape index (κ3) is 2.73. The fourth-order valence-corrected chi connectivity index (χ4v) is 1.69. The van der Waals surface area contributed by atoms with Gasteiger partial charge in [-0.25, -0.2) is 4.39 Å². The van der Waals surface area contributed by atoms with Gasteiger partial charge in [-0.2, -0.15) is 4.98 Å². The summed E-state index contributed by atoms with van der Waals surface area (Å²) in [6.45, 7) is 6.14. The number of hydrogen-bond acceptors (Lipinski definition) is 5. The van der Waals surface area contributed by atoms with E-state index in [4.69, 9.17) is 15.0 Å². The number of nitrogens with zero attached hydrogens (tertiary/aromatic N) is 2. The fraction of sp³-hybridized carbons (Fsp3) is 0.385. The second-order valence-corrected chi connectivity index (χ2v) is 4.60. The maximum atomic E-state index is 13.1. The molecule has 0 saturated carbocycles. The van der Waals surface area contributed by atoms with E-state index in [1.165, 1.54) is 18.2 Å². The molecular weight excluding hydrogens is 249 g/mol. The summed E-state index contributed by atoms with van der Waals surface area (Å²) >= 11 is 0. The number of benzene rings is 1. The van der Waals surface area contributed by atoms with Crippen molar-refractivity contribution in [3.8, 4) is 11.5 Å². The molecule has 0 unspecified atom stereocenters. The average Bonchev–Trinajstić information content (AvgIpc) is 2.83. The molecule has 0 spiro atoms. The van der Waals surface area contributed by atoms with Gasteiger partial charge in [0, 0.05) is 12.2 Å². The topological polar surface area (TPSA) is 74.2 Å². The van der Waals surface area contributed by atoms with Crippen molar-refractivity contribution in [3.05, 3.63) is 29.8 Å². The van der Waals surface area contributed by atoms with Gasteiger partial charge in [-0.15, -0.1) is 0 Å². The van der Waals surface area contributed by atoms with Gasteiger partial charge in [-0.1, -0.05) is 5.16 Å². The second-order valence-electron chi connectivity index (χ2n) is 4.60. The Labute approximate surface area is 110 Å². The van der Waals surface area contributed by atoms with Crippen LogP contribution >= 0.6 is 0 Å². The van der Waals surface area contributed by atoms with Gasteiger partial charge in [0.15, 0.2) is 0 Å². The Kier molecular flexibility index (Phi) is 3.53. The SMILES string of the molecule is CCOC(C)(C)c1noc(-c2ccc(F)c(N)c2)n1. The van der Waals surface area contributed by atoms with Crippen molar-refractivity contribution >= 4 is 5.69 Å². The molecule has 2 aromatic rings. The van der Waals surface area contributed by atoms with E-state index >= 15 is 0 Å². The van der Waals surface area contributed by atoms with Crippen molar-refractivity contribution < 1.29 is 13.7 Å². The van der Waals surface area contributed by atoms with E-state index in [0.29, 0.717) is 18.0 Å². The van der Waals surface area contributed by atoms with Crippen LogP contribution in [0.4, 0.5) is 10.1 Å². The minimum absolute atomic E-state index is 0.0429. The molecule has 0 saturated heterocycles. The number of nitrogens with two attached hydrogens (primary N) is 1. The minimum Gasteiger partial charge on any atom is -0.396 e. The number of hydrogen-bond donors (Lipinski definition) is 1. The molecule has 5 nitrogen and oxygen atoms in total. The minimum atomic E-state index is -0.637. The molecule has 0 aliphatic heterocycles. The van der Waals surface area contributed by atoms with Crippen LogP contribution in [0.5, 0.6) is 0 Å². The highest BCUT2D eigenvalue weighted by molar-refractivity contribution is 5.60. The Bertz CT molecular complexity index is 581. The van der Waals surface area contributed by atoms with Crippen molar-refractivity contribution in [3.63, 3.8) is 0 Å². The van der Waals surface area contributed by atoms with Crippen molar-refractivity contribution in [1.29, 1.82) is 0 Å². The molecule has 2 N–H and O–H groups in total. The van der Waals surface area contributed by atoms with Gasteiger partial charge in [0.2, 0.25) is 5.82 Å². The molecule has 0 fully saturated rings. The predicted octanol–water partition coefficient (Wildman–Crippen LogP) is 2.73. The average molecular weight is 265 g/mol. The first-order chi connectivity index (χ1) is 8.94. The number of aromatic nitrogens is 2. The first-order valence-electron chi connectivity index (χ1n) is 5.97. The number of nitrogen functional groups attached to an aromatic ring is 1. The molecular formula is C13H16FN3O2. The van der Waals surface area contributed by atoms with Crippen LogP contribution in [0, 0.1) is 5.82 Å². The molecule has 6 heteroatoms. The fourth-order valence-electron chi connectivity index (χ4n) is 1.69. The van der Waals surface area contributed by atoms with Gasteiger partial charge in [0.1, 0.15) is 11.4 Å². The zero-order valence-electron chi connectivity index (χ0n) is 11.1. The molecule has 0 aliphatic carbocycles. The molecule has 19 heavy (non-hydrogen) atoms. The molecule has 1 aromatic heterocycles. The highest BCUT2D eigenvalue weighted by atomic mass is 19.1. The van der Waals surface area contributed by atoms with Crippen LogP contribution in [0.15, 0.2) is 22.7 Å². The van der Waals surface area contributed by atoms with Crippen molar-refractivity contribution in [2.24, 2.45) is 0 Å². The molecule has 0 bridgehead atoms. The first kappa shape index (κ1) is 13.5. The summed E-state index contributed by atoms with van der Waals surface area (Å²) in [7, 11) is 0. The van der Waals surface area contributed by atoms with E-state index in [-0.39, 0.29) is 11.6 Å². The van der Waals surface area contributed by atoms with Crippen LogP contribution < -0.4 is 5.73 Å². The summed E-state index contributed by atoms with van der Waals surface area (Å²) in [4.78, 5) is 4.26. The summed E-state index contributed by atoms with van der Waals surface area (Å²) in [5.74, 6) is 0.250. The van der Waals surface area contributed by atoms with E-state index in [1.54, 1.807) is 0 Å². The maximum Gasteiger partial charge on any atom is 0.258 e. The van der Waals surface area contributed by atoms with Crippen molar-refractivity contribution in [2.45, 2.75) is 26.4 Å². The summed E-state index contributed by atoms with van der Waals surface area (Å²) in [6.07, 6.45) is 0. The largest absolute Gasteiger partial charge is 0.396 e. The Morgan fingerprint density at radius 1 is 1.42 bits per heavy atom. The highest BCUT2D eigenvalue weighted by Crippen LogP contribution is 2.26. The monoisotopic (exact) mass is 265 g/mol. The lowest BCUT2D eigenvalue weighted by atomic mass is 10.1. The second kappa shape index (κ2) is 4.97. The molecule has 0 radical (unpaired) electrons. The molecule has 2 rings (SSSR count). The Morgan fingerprint density at radius 2 is 2.16 bits per heavy atom. The lowest BCUT2D eigenvalue weighted by Gasteiger charge is -2.19. The van der Waals surface area contributed by atoms with Gasteiger partial charge in [-0.3, -0.25) is 0 Å². The predicted molar refractivity (Wildman–Crippen MR) is 68.8 cm³/mol. The Hall–Kier alpha value is -1.95. The molecule has 102 valence electrons. The molecule has 1 aromatic carbocycles. The van der Waals surface area contributed by atoms with Crippen LogP contribution in [0.25, 0.3) is 11.5 Å². The maximum absolute atomic E-state index is 13.1. The van der Waals surface area contributed by atoms with Gasteiger partial charge in [0.05, 0.1) is 5.69 Å². The normalized spacial score (nSPS) is 11.8.